The maximum Gasteiger partial charge on any atom is 0.315 e. The molecule has 1 saturated heterocycles. The zero-order valence-corrected chi connectivity index (χ0v) is 21.1. The van der Waals surface area contributed by atoms with E-state index in [-0.39, 0.29) is 24.0 Å². The Bertz CT molecular complexity index is 1050. The van der Waals surface area contributed by atoms with E-state index in [2.05, 4.69) is 46.7 Å². The maximum absolute atomic E-state index is 13.4. The van der Waals surface area contributed by atoms with Crippen LogP contribution in [0.2, 0.25) is 0 Å². The first-order chi connectivity index (χ1) is 17.5. The van der Waals surface area contributed by atoms with Crippen molar-refractivity contribution in [2.75, 3.05) is 19.6 Å². The van der Waals surface area contributed by atoms with Gasteiger partial charge in [0.2, 0.25) is 0 Å². The molecule has 36 heavy (non-hydrogen) atoms. The lowest BCUT2D eigenvalue weighted by molar-refractivity contribution is -0.134. The van der Waals surface area contributed by atoms with Gasteiger partial charge in [-0.1, -0.05) is 49.1 Å². The first-order valence-corrected chi connectivity index (χ1v) is 13.3. The predicted octanol–water partition coefficient (Wildman–Crippen LogP) is 4.36. The molecule has 1 atom stereocenters. The van der Waals surface area contributed by atoms with Crippen LogP contribution in [0.3, 0.4) is 0 Å². The largest absolute Gasteiger partial charge is 0.467 e. The van der Waals surface area contributed by atoms with Gasteiger partial charge in [-0.25, -0.2) is 9.80 Å². The number of likely N-dealkylation sites (tertiary alicyclic amines) is 1. The third kappa shape index (κ3) is 5.98. The second kappa shape index (κ2) is 11.3. The Kier molecular flexibility index (Phi) is 7.70. The van der Waals surface area contributed by atoms with Crippen molar-refractivity contribution in [2.24, 2.45) is 5.10 Å². The summed E-state index contributed by atoms with van der Waals surface area (Å²) in [6.45, 7) is 3.91. The molecule has 0 bridgehead atoms. The topological polar surface area (TPSA) is 90.2 Å². The third-order valence-electron chi connectivity index (χ3n) is 7.64. The zero-order chi connectivity index (χ0) is 24.9. The number of hydrazone groups is 1. The summed E-state index contributed by atoms with van der Waals surface area (Å²) < 4.78 is 5.67. The van der Waals surface area contributed by atoms with Gasteiger partial charge in [0.25, 0.3) is 5.91 Å². The van der Waals surface area contributed by atoms with Crippen molar-refractivity contribution in [1.29, 1.82) is 0 Å². The van der Waals surface area contributed by atoms with E-state index in [0.717, 1.165) is 55.8 Å². The Balaban J connectivity index is 1.15. The molecule has 2 N–H and O–H groups in total. The smallest absolute Gasteiger partial charge is 0.315 e. The minimum absolute atomic E-state index is 0.0278. The second-order valence-electron chi connectivity index (χ2n) is 10.4. The number of carbonyl (C=O) groups is 2. The fraction of sp³-hybridized carbons (Fsp3) is 0.536. The van der Waals surface area contributed by atoms with Gasteiger partial charge in [-0.05, 0) is 50.3 Å². The lowest BCUT2D eigenvalue weighted by Gasteiger charge is -2.33. The summed E-state index contributed by atoms with van der Waals surface area (Å²) in [7, 11) is 0. The van der Waals surface area contributed by atoms with Gasteiger partial charge < -0.3 is 15.1 Å². The molecule has 1 saturated carbocycles. The van der Waals surface area contributed by atoms with Crippen molar-refractivity contribution in [3.63, 3.8) is 0 Å². The van der Waals surface area contributed by atoms with Crippen molar-refractivity contribution < 1.29 is 14.0 Å². The highest BCUT2D eigenvalue weighted by atomic mass is 16.3. The van der Waals surface area contributed by atoms with E-state index in [0.29, 0.717) is 19.0 Å². The highest BCUT2D eigenvalue weighted by Crippen LogP contribution is 2.33. The SMILES string of the molecule is Cc1ccc(C2=NN(C(=O)CN3CCC(NC(=O)NC4CCCCC4)CC3)C(c3ccco3)C2)cc1. The van der Waals surface area contributed by atoms with E-state index in [1.165, 1.54) is 24.8 Å². The number of nitrogens with zero attached hydrogens (tertiary/aromatic N) is 3. The number of hydrogen-bond donors (Lipinski definition) is 2. The molecule has 3 heterocycles. The van der Waals surface area contributed by atoms with Crippen LogP contribution in [-0.4, -0.2) is 59.3 Å². The molecule has 5 rings (SSSR count). The number of rotatable bonds is 6. The molecule has 1 aliphatic carbocycles. The Morgan fingerprint density at radius 1 is 0.972 bits per heavy atom. The molecule has 1 aromatic heterocycles. The lowest BCUT2D eigenvalue weighted by atomic mass is 9.96. The lowest BCUT2D eigenvalue weighted by Crippen LogP contribution is -2.51. The molecule has 3 amide bonds. The Morgan fingerprint density at radius 2 is 1.67 bits per heavy atom. The van der Waals surface area contributed by atoms with Gasteiger partial charge in [0, 0.05) is 31.6 Å². The average molecular weight is 492 g/mol. The van der Waals surface area contributed by atoms with Gasteiger partial charge >= 0.3 is 6.03 Å². The predicted molar refractivity (Wildman–Crippen MR) is 139 cm³/mol. The van der Waals surface area contributed by atoms with E-state index in [9.17, 15) is 9.59 Å². The van der Waals surface area contributed by atoms with Crippen molar-refractivity contribution in [3.05, 3.63) is 59.5 Å². The van der Waals surface area contributed by atoms with Gasteiger partial charge in [-0.2, -0.15) is 5.10 Å². The van der Waals surface area contributed by atoms with Gasteiger partial charge in [0.15, 0.2) is 0 Å². The minimum Gasteiger partial charge on any atom is -0.467 e. The fourth-order valence-corrected chi connectivity index (χ4v) is 5.52. The van der Waals surface area contributed by atoms with Crippen LogP contribution in [0.15, 0.2) is 52.2 Å². The molecular weight excluding hydrogens is 454 g/mol. The van der Waals surface area contributed by atoms with Gasteiger partial charge in [-0.15, -0.1) is 0 Å². The zero-order valence-electron chi connectivity index (χ0n) is 21.1. The fourth-order valence-electron chi connectivity index (χ4n) is 5.52. The molecule has 0 radical (unpaired) electrons. The van der Waals surface area contributed by atoms with Gasteiger partial charge in [-0.3, -0.25) is 9.69 Å². The van der Waals surface area contributed by atoms with Crippen LogP contribution in [-0.2, 0) is 4.79 Å². The Morgan fingerprint density at radius 3 is 2.33 bits per heavy atom. The van der Waals surface area contributed by atoms with E-state index in [4.69, 9.17) is 9.52 Å². The number of urea groups is 1. The molecule has 192 valence electrons. The number of piperidine rings is 1. The summed E-state index contributed by atoms with van der Waals surface area (Å²) in [4.78, 5) is 28.0. The first-order valence-electron chi connectivity index (χ1n) is 13.3. The summed E-state index contributed by atoms with van der Waals surface area (Å²) in [5.74, 6) is 0.723. The van der Waals surface area contributed by atoms with E-state index < -0.39 is 0 Å². The van der Waals surface area contributed by atoms with Crippen LogP contribution >= 0.6 is 0 Å². The maximum atomic E-state index is 13.4. The monoisotopic (exact) mass is 491 g/mol. The minimum atomic E-state index is -0.230. The molecule has 1 aromatic carbocycles. The normalized spacial score (nSPS) is 21.9. The molecule has 1 unspecified atom stereocenters. The van der Waals surface area contributed by atoms with Crippen LogP contribution in [0.5, 0.6) is 0 Å². The summed E-state index contributed by atoms with van der Waals surface area (Å²) in [5, 5.41) is 12.6. The Hall–Kier alpha value is -3.13. The van der Waals surface area contributed by atoms with Crippen LogP contribution in [0.1, 0.15) is 74.3 Å². The number of nitrogens with one attached hydrogen (secondary N) is 2. The summed E-state index contributed by atoms with van der Waals surface area (Å²) in [5.41, 5.74) is 3.12. The second-order valence-corrected chi connectivity index (χ2v) is 10.4. The molecule has 2 aliphatic heterocycles. The standard InChI is InChI=1S/C28H37N5O3/c1-20-9-11-21(12-10-20)24-18-25(26-8-5-17-36-26)33(31-24)27(34)19-32-15-13-23(14-16-32)30-28(35)29-22-6-3-2-4-7-22/h5,8-12,17,22-23,25H,2-4,6-7,13-16,18-19H2,1H3,(H2,29,30,35). The number of benzene rings is 1. The van der Waals surface area contributed by atoms with E-state index >= 15 is 0 Å². The van der Waals surface area contributed by atoms with Gasteiger partial charge in [0.1, 0.15) is 11.8 Å². The quantitative estimate of drug-likeness (QED) is 0.628. The molecule has 8 nitrogen and oxygen atoms in total. The number of hydrogen-bond acceptors (Lipinski definition) is 5. The van der Waals surface area contributed by atoms with Crippen molar-refractivity contribution in [3.8, 4) is 0 Å². The summed E-state index contributed by atoms with van der Waals surface area (Å²) in [6.07, 6.45) is 9.78. The number of aryl methyl sites for hydroxylation is 1. The molecule has 8 heteroatoms. The number of furan rings is 1. The number of carbonyl (C=O) groups excluding carboxylic acids is 2. The highest BCUT2D eigenvalue weighted by Gasteiger charge is 2.36. The van der Waals surface area contributed by atoms with E-state index in [1.807, 2.05) is 12.1 Å². The van der Waals surface area contributed by atoms with Crippen LogP contribution in [0.25, 0.3) is 0 Å². The first kappa shape index (κ1) is 24.6. The molecule has 0 spiro atoms. The molecular formula is C28H37N5O3. The van der Waals surface area contributed by atoms with Crippen LogP contribution in [0, 0.1) is 6.92 Å². The van der Waals surface area contributed by atoms with E-state index in [1.54, 1.807) is 11.3 Å². The Labute approximate surface area is 213 Å². The summed E-state index contributed by atoms with van der Waals surface area (Å²) >= 11 is 0. The van der Waals surface area contributed by atoms with Crippen LogP contribution < -0.4 is 10.6 Å². The van der Waals surface area contributed by atoms with Crippen LogP contribution in [0.4, 0.5) is 4.79 Å². The van der Waals surface area contributed by atoms with Gasteiger partial charge in [0.05, 0.1) is 18.5 Å². The van der Waals surface area contributed by atoms with Crippen molar-refractivity contribution in [2.45, 2.75) is 76.4 Å². The average Bonchev–Trinajstić information content (AvgIpc) is 3.57. The molecule has 3 aliphatic rings. The number of amides is 3. The molecule has 2 fully saturated rings. The molecule has 2 aromatic rings. The van der Waals surface area contributed by atoms with Crippen molar-refractivity contribution in [1.82, 2.24) is 20.5 Å². The third-order valence-corrected chi connectivity index (χ3v) is 7.64. The van der Waals surface area contributed by atoms with Crippen molar-refractivity contribution >= 4 is 17.6 Å². The highest BCUT2D eigenvalue weighted by molar-refractivity contribution is 6.03. The summed E-state index contributed by atoms with van der Waals surface area (Å²) in [6, 6.07) is 12.2.